The van der Waals surface area contributed by atoms with E-state index in [1.807, 2.05) is 18.4 Å². The summed E-state index contributed by atoms with van der Waals surface area (Å²) in [5.74, 6) is -1.34. The van der Waals surface area contributed by atoms with E-state index in [-0.39, 0.29) is 12.1 Å². The van der Waals surface area contributed by atoms with Crippen molar-refractivity contribution in [3.05, 3.63) is 33.6 Å². The first-order chi connectivity index (χ1) is 9.45. The number of carboxylic acids is 1. The molecule has 0 saturated heterocycles. The predicted molar refractivity (Wildman–Crippen MR) is 73.3 cm³/mol. The maximum Gasteiger partial charge on any atom is 0.340 e. The smallest absolute Gasteiger partial charge is 0.340 e. The summed E-state index contributed by atoms with van der Waals surface area (Å²) in [5, 5.41) is 16.0. The van der Waals surface area contributed by atoms with E-state index in [0.29, 0.717) is 0 Å². The molecule has 0 fully saturated rings. The number of H-pyrrole nitrogens is 1. The lowest BCUT2D eigenvalue weighted by Gasteiger charge is -2.06. The number of hydrogen-bond acceptors (Lipinski definition) is 5. The molecule has 2 aromatic heterocycles. The average Bonchev–Trinajstić information content (AvgIpc) is 3.05. The zero-order valence-electron chi connectivity index (χ0n) is 10.6. The van der Waals surface area contributed by atoms with E-state index in [4.69, 9.17) is 5.11 Å². The van der Waals surface area contributed by atoms with E-state index in [9.17, 15) is 13.2 Å². The Kier molecular flexibility index (Phi) is 4.21. The molecule has 3 N–H and O–H groups in total. The highest BCUT2D eigenvalue weighted by atomic mass is 32.2. The molecule has 0 aliphatic rings. The number of aromatic amines is 1. The molecule has 0 spiro atoms. The third-order valence-electron chi connectivity index (χ3n) is 2.74. The fourth-order valence-corrected chi connectivity index (χ4v) is 3.79. The largest absolute Gasteiger partial charge is 0.478 e. The summed E-state index contributed by atoms with van der Waals surface area (Å²) >= 11 is 1.45. The van der Waals surface area contributed by atoms with Gasteiger partial charge in [0.05, 0.1) is 6.20 Å². The maximum atomic E-state index is 12.1. The lowest BCUT2D eigenvalue weighted by molar-refractivity contribution is 0.0692. The van der Waals surface area contributed by atoms with Crippen molar-refractivity contribution in [3.8, 4) is 0 Å². The van der Waals surface area contributed by atoms with Crippen LogP contribution in [-0.4, -0.2) is 29.7 Å². The molecule has 0 aliphatic carbocycles. The summed E-state index contributed by atoms with van der Waals surface area (Å²) in [4.78, 5) is 11.8. The van der Waals surface area contributed by atoms with Crippen LogP contribution >= 0.6 is 11.3 Å². The number of nitrogens with one attached hydrogen (secondary N) is 2. The molecule has 0 unspecified atom stereocenters. The predicted octanol–water partition coefficient (Wildman–Crippen LogP) is 1.21. The normalized spacial score (nSPS) is 11.7. The number of aryl methyl sites for hydroxylation is 1. The van der Waals surface area contributed by atoms with Crippen molar-refractivity contribution in [1.29, 1.82) is 0 Å². The van der Waals surface area contributed by atoms with Crippen LogP contribution < -0.4 is 4.72 Å². The molecule has 108 valence electrons. The number of sulfonamides is 1. The van der Waals surface area contributed by atoms with Gasteiger partial charge in [-0.1, -0.05) is 6.92 Å². The summed E-state index contributed by atoms with van der Waals surface area (Å²) in [7, 11) is -3.94. The SMILES string of the molecule is CCc1ccsc1CNS(=O)(=O)c1[nH]ncc1C(=O)O. The molecule has 0 radical (unpaired) electrons. The van der Waals surface area contributed by atoms with Gasteiger partial charge in [0.15, 0.2) is 5.03 Å². The van der Waals surface area contributed by atoms with Gasteiger partial charge in [-0.15, -0.1) is 11.3 Å². The van der Waals surface area contributed by atoms with Crippen LogP contribution in [0.5, 0.6) is 0 Å². The molecule has 0 atom stereocenters. The Hall–Kier alpha value is -1.71. The second kappa shape index (κ2) is 5.73. The first-order valence-corrected chi connectivity index (χ1v) is 8.13. The minimum absolute atomic E-state index is 0.126. The summed E-state index contributed by atoms with van der Waals surface area (Å²) in [5.41, 5.74) is 0.695. The highest BCUT2D eigenvalue weighted by Gasteiger charge is 2.24. The molecule has 0 saturated carbocycles. The Morgan fingerprint density at radius 3 is 2.95 bits per heavy atom. The lowest BCUT2D eigenvalue weighted by atomic mass is 10.2. The van der Waals surface area contributed by atoms with Gasteiger partial charge in [-0.3, -0.25) is 5.10 Å². The molecule has 2 heterocycles. The Morgan fingerprint density at radius 1 is 1.55 bits per heavy atom. The van der Waals surface area contributed by atoms with Crippen LogP contribution in [-0.2, 0) is 23.0 Å². The van der Waals surface area contributed by atoms with E-state index >= 15 is 0 Å². The molecule has 0 aliphatic heterocycles. The second-order valence-electron chi connectivity index (χ2n) is 3.97. The average molecular weight is 315 g/mol. The monoisotopic (exact) mass is 315 g/mol. The lowest BCUT2D eigenvalue weighted by Crippen LogP contribution is -2.25. The van der Waals surface area contributed by atoms with Crippen molar-refractivity contribution in [2.24, 2.45) is 0 Å². The van der Waals surface area contributed by atoms with Crippen LogP contribution in [0.2, 0.25) is 0 Å². The van der Waals surface area contributed by atoms with Gasteiger partial charge in [0, 0.05) is 11.4 Å². The van der Waals surface area contributed by atoms with Crippen molar-refractivity contribution < 1.29 is 18.3 Å². The Labute approximate surface area is 119 Å². The van der Waals surface area contributed by atoms with Crippen LogP contribution in [0.4, 0.5) is 0 Å². The van der Waals surface area contributed by atoms with Gasteiger partial charge >= 0.3 is 5.97 Å². The third kappa shape index (κ3) is 2.89. The van der Waals surface area contributed by atoms with Crippen LogP contribution in [0.15, 0.2) is 22.7 Å². The zero-order valence-corrected chi connectivity index (χ0v) is 12.2. The maximum absolute atomic E-state index is 12.1. The first kappa shape index (κ1) is 14.7. The Bertz CT molecular complexity index is 718. The van der Waals surface area contributed by atoms with E-state index < -0.39 is 21.0 Å². The Balaban J connectivity index is 2.20. The number of rotatable bonds is 6. The molecular weight excluding hydrogens is 302 g/mol. The van der Waals surface area contributed by atoms with Crippen molar-refractivity contribution in [2.45, 2.75) is 24.9 Å². The van der Waals surface area contributed by atoms with Gasteiger partial charge in [0.2, 0.25) is 0 Å². The molecule has 0 aromatic carbocycles. The fraction of sp³-hybridized carbons (Fsp3) is 0.273. The summed E-state index contributed by atoms with van der Waals surface area (Å²) in [6, 6.07) is 1.94. The van der Waals surface area contributed by atoms with E-state index in [1.54, 1.807) is 0 Å². The quantitative estimate of drug-likeness (QED) is 0.741. The highest BCUT2D eigenvalue weighted by Crippen LogP contribution is 2.18. The van der Waals surface area contributed by atoms with Crippen molar-refractivity contribution in [1.82, 2.24) is 14.9 Å². The van der Waals surface area contributed by atoms with E-state index in [0.717, 1.165) is 23.1 Å². The summed E-state index contributed by atoms with van der Waals surface area (Å²) < 4.78 is 26.5. The number of hydrogen-bond donors (Lipinski definition) is 3. The number of thiophene rings is 1. The molecule has 0 bridgehead atoms. The van der Waals surface area contributed by atoms with Crippen LogP contribution in [0.25, 0.3) is 0 Å². The summed E-state index contributed by atoms with van der Waals surface area (Å²) in [6.45, 7) is 2.11. The van der Waals surface area contributed by atoms with Gasteiger partial charge in [-0.2, -0.15) is 5.10 Å². The molecule has 9 heteroatoms. The minimum atomic E-state index is -3.94. The van der Waals surface area contributed by atoms with Gasteiger partial charge in [-0.05, 0) is 23.4 Å². The number of aromatic carboxylic acids is 1. The number of aromatic nitrogens is 2. The summed E-state index contributed by atoms with van der Waals surface area (Å²) in [6.07, 6.45) is 1.78. The fourth-order valence-electron chi connectivity index (χ4n) is 1.70. The van der Waals surface area contributed by atoms with Gasteiger partial charge in [0.25, 0.3) is 10.0 Å². The number of carboxylic acid groups (broad SMARTS) is 1. The first-order valence-electron chi connectivity index (χ1n) is 5.77. The van der Waals surface area contributed by atoms with E-state index in [1.165, 1.54) is 11.3 Å². The van der Waals surface area contributed by atoms with Crippen LogP contribution in [0.1, 0.15) is 27.7 Å². The van der Waals surface area contributed by atoms with E-state index in [2.05, 4.69) is 14.9 Å². The van der Waals surface area contributed by atoms with Crippen molar-refractivity contribution in [3.63, 3.8) is 0 Å². The van der Waals surface area contributed by atoms with Gasteiger partial charge in [0.1, 0.15) is 5.56 Å². The van der Waals surface area contributed by atoms with Gasteiger partial charge in [-0.25, -0.2) is 17.9 Å². The standard InChI is InChI=1S/C11H13N3O4S2/c1-2-7-3-4-19-9(7)6-13-20(17,18)10-8(11(15)16)5-12-14-10/h3-5,13H,2,6H2,1H3,(H,12,14)(H,15,16). The van der Waals surface area contributed by atoms with Gasteiger partial charge < -0.3 is 5.11 Å². The zero-order chi connectivity index (χ0) is 14.8. The number of carbonyl (C=O) groups is 1. The molecule has 7 nitrogen and oxygen atoms in total. The molecular formula is C11H13N3O4S2. The Morgan fingerprint density at radius 2 is 2.30 bits per heavy atom. The topological polar surface area (TPSA) is 112 Å². The molecule has 2 rings (SSSR count). The third-order valence-corrected chi connectivity index (χ3v) is 5.08. The van der Waals surface area contributed by atoms with Crippen molar-refractivity contribution in [2.75, 3.05) is 0 Å². The highest BCUT2D eigenvalue weighted by molar-refractivity contribution is 7.89. The van der Waals surface area contributed by atoms with Crippen LogP contribution in [0.3, 0.4) is 0 Å². The molecule has 20 heavy (non-hydrogen) atoms. The molecule has 2 aromatic rings. The minimum Gasteiger partial charge on any atom is -0.478 e. The van der Waals surface area contributed by atoms with Crippen molar-refractivity contribution >= 4 is 27.3 Å². The number of nitrogens with zero attached hydrogens (tertiary/aromatic N) is 1. The van der Waals surface area contributed by atoms with Crippen LogP contribution in [0, 0.1) is 0 Å². The molecule has 0 amide bonds. The second-order valence-corrected chi connectivity index (χ2v) is 6.67.